The van der Waals surface area contributed by atoms with Gasteiger partial charge >= 0.3 is 5.97 Å². The maximum atomic E-state index is 12.1. The van der Waals surface area contributed by atoms with E-state index >= 15 is 0 Å². The summed E-state index contributed by atoms with van der Waals surface area (Å²) in [6.07, 6.45) is 0.413. The molecule has 0 aliphatic heterocycles. The van der Waals surface area contributed by atoms with Gasteiger partial charge in [-0.2, -0.15) is 0 Å². The maximum Gasteiger partial charge on any atom is 0.328 e. The first kappa shape index (κ1) is 18.5. The minimum atomic E-state index is -0.456. The summed E-state index contributed by atoms with van der Waals surface area (Å²) in [4.78, 5) is 25.7. The number of amides is 1. The van der Waals surface area contributed by atoms with E-state index in [0.717, 1.165) is 11.3 Å². The zero-order valence-corrected chi connectivity index (χ0v) is 14.9. The third-order valence-corrected chi connectivity index (χ3v) is 3.99. The highest BCUT2D eigenvalue weighted by atomic mass is 16.5. The van der Waals surface area contributed by atoms with Gasteiger partial charge in [0, 0.05) is 24.3 Å². The Bertz CT molecular complexity index is 716. The van der Waals surface area contributed by atoms with E-state index in [-0.39, 0.29) is 11.9 Å². The van der Waals surface area contributed by atoms with E-state index in [1.165, 1.54) is 7.11 Å². The van der Waals surface area contributed by atoms with E-state index < -0.39 is 6.04 Å². The molecule has 0 fully saturated rings. The molecule has 25 heavy (non-hydrogen) atoms. The highest BCUT2D eigenvalue weighted by Crippen LogP contribution is 2.24. The van der Waals surface area contributed by atoms with Crippen molar-refractivity contribution in [3.8, 4) is 0 Å². The van der Waals surface area contributed by atoms with E-state index in [4.69, 9.17) is 4.74 Å². The summed E-state index contributed by atoms with van der Waals surface area (Å²) in [6.45, 7) is 4.18. The Balaban J connectivity index is 2.32. The van der Waals surface area contributed by atoms with E-state index in [9.17, 15) is 9.59 Å². The summed E-state index contributed by atoms with van der Waals surface area (Å²) >= 11 is 0. The number of nitrogens with one attached hydrogen (secondary N) is 1. The average molecular weight is 340 g/mol. The lowest BCUT2D eigenvalue weighted by molar-refractivity contribution is -0.141. The second kappa shape index (κ2) is 8.87. The Morgan fingerprint density at radius 1 is 1.12 bits per heavy atom. The predicted molar refractivity (Wildman–Crippen MR) is 99.5 cm³/mol. The van der Waals surface area contributed by atoms with Crippen LogP contribution in [0.4, 0.5) is 11.4 Å². The van der Waals surface area contributed by atoms with Gasteiger partial charge < -0.3 is 15.0 Å². The Labute approximate surface area is 148 Å². The maximum absolute atomic E-state index is 12.1. The van der Waals surface area contributed by atoms with Gasteiger partial charge in [-0.15, -0.1) is 0 Å². The number of anilines is 2. The quantitative estimate of drug-likeness (QED) is 0.782. The fourth-order valence-corrected chi connectivity index (χ4v) is 2.54. The van der Waals surface area contributed by atoms with Crippen LogP contribution in [0.25, 0.3) is 0 Å². The summed E-state index contributed by atoms with van der Waals surface area (Å²) in [5.74, 6) is -0.355. The van der Waals surface area contributed by atoms with Crippen molar-refractivity contribution in [1.82, 2.24) is 0 Å². The lowest BCUT2D eigenvalue weighted by Crippen LogP contribution is -2.39. The van der Waals surface area contributed by atoms with Crippen molar-refractivity contribution < 1.29 is 14.3 Å². The van der Waals surface area contributed by atoms with Gasteiger partial charge in [-0.05, 0) is 30.7 Å². The van der Waals surface area contributed by atoms with Gasteiger partial charge in [-0.3, -0.25) is 4.79 Å². The largest absolute Gasteiger partial charge is 0.467 e. The molecule has 1 unspecified atom stereocenters. The molecule has 5 heteroatoms. The molecule has 2 aromatic rings. The second-order valence-corrected chi connectivity index (χ2v) is 5.76. The van der Waals surface area contributed by atoms with Crippen LogP contribution < -0.4 is 10.2 Å². The van der Waals surface area contributed by atoms with Crippen LogP contribution in [0.5, 0.6) is 0 Å². The molecule has 0 saturated heterocycles. The molecule has 2 aromatic carbocycles. The molecule has 0 saturated carbocycles. The third kappa shape index (κ3) is 5.08. The van der Waals surface area contributed by atoms with Crippen molar-refractivity contribution in [3.63, 3.8) is 0 Å². The molecule has 0 aromatic heterocycles. The molecule has 1 N–H and O–H groups in total. The normalized spacial score (nSPS) is 11.5. The molecular weight excluding hydrogens is 316 g/mol. The molecule has 0 aliphatic rings. The van der Waals surface area contributed by atoms with Crippen molar-refractivity contribution in [1.29, 1.82) is 0 Å². The molecule has 0 heterocycles. The van der Waals surface area contributed by atoms with Crippen LogP contribution in [0, 0.1) is 0 Å². The molecule has 1 atom stereocenters. The standard InChI is InChI=1S/C20H24N2O3/c1-4-19(23)21-17-11-8-12-18(13-17)22(15(2)20(24)25-3)14-16-9-6-5-7-10-16/h5-13,15H,4,14H2,1-3H3,(H,21,23). The molecule has 0 bridgehead atoms. The number of carbonyl (C=O) groups excluding carboxylic acids is 2. The van der Waals surface area contributed by atoms with Crippen molar-refractivity contribution in [2.75, 3.05) is 17.3 Å². The summed E-state index contributed by atoms with van der Waals surface area (Å²) in [6, 6.07) is 16.9. The number of nitrogens with zero attached hydrogens (tertiary/aromatic N) is 1. The average Bonchev–Trinajstić information content (AvgIpc) is 2.65. The highest BCUT2D eigenvalue weighted by molar-refractivity contribution is 5.91. The fourth-order valence-electron chi connectivity index (χ4n) is 2.54. The number of esters is 1. The van der Waals surface area contributed by atoms with Crippen LogP contribution in [0.2, 0.25) is 0 Å². The predicted octanol–water partition coefficient (Wildman–Crippen LogP) is 3.60. The summed E-state index contributed by atoms with van der Waals surface area (Å²) < 4.78 is 4.91. The minimum Gasteiger partial charge on any atom is -0.467 e. The van der Waals surface area contributed by atoms with Gasteiger partial charge in [0.25, 0.3) is 0 Å². The molecule has 5 nitrogen and oxygen atoms in total. The molecule has 1 amide bonds. The minimum absolute atomic E-state index is 0.0484. The monoisotopic (exact) mass is 340 g/mol. The molecule has 0 spiro atoms. The van der Waals surface area contributed by atoms with Crippen molar-refractivity contribution >= 4 is 23.3 Å². The van der Waals surface area contributed by atoms with Gasteiger partial charge in [-0.25, -0.2) is 4.79 Å². The number of methoxy groups -OCH3 is 1. The van der Waals surface area contributed by atoms with Crippen LogP contribution in [0.15, 0.2) is 54.6 Å². The van der Waals surface area contributed by atoms with Gasteiger partial charge in [0.1, 0.15) is 6.04 Å². The van der Waals surface area contributed by atoms with Gasteiger partial charge in [-0.1, -0.05) is 43.3 Å². The number of carbonyl (C=O) groups is 2. The summed E-state index contributed by atoms with van der Waals surface area (Å²) in [5.41, 5.74) is 2.64. The Morgan fingerprint density at radius 3 is 2.48 bits per heavy atom. The van der Waals surface area contributed by atoms with Crippen LogP contribution in [-0.2, 0) is 20.9 Å². The SMILES string of the molecule is CCC(=O)Nc1cccc(N(Cc2ccccc2)C(C)C(=O)OC)c1. The molecule has 132 valence electrons. The van der Waals surface area contributed by atoms with Gasteiger partial charge in [0.05, 0.1) is 7.11 Å². The second-order valence-electron chi connectivity index (χ2n) is 5.76. The molecule has 0 radical (unpaired) electrons. The first-order valence-electron chi connectivity index (χ1n) is 8.33. The topological polar surface area (TPSA) is 58.6 Å². The molecule has 2 rings (SSSR count). The zero-order chi connectivity index (χ0) is 18.2. The molecular formula is C20H24N2O3. The molecule has 0 aliphatic carbocycles. The van der Waals surface area contributed by atoms with Crippen LogP contribution in [-0.4, -0.2) is 25.0 Å². The van der Waals surface area contributed by atoms with E-state index in [1.54, 1.807) is 6.92 Å². The summed E-state index contributed by atoms with van der Waals surface area (Å²) in [7, 11) is 1.39. The van der Waals surface area contributed by atoms with Crippen LogP contribution in [0.1, 0.15) is 25.8 Å². The number of hydrogen-bond acceptors (Lipinski definition) is 4. The van der Waals surface area contributed by atoms with E-state index in [0.29, 0.717) is 18.7 Å². The smallest absolute Gasteiger partial charge is 0.328 e. The Morgan fingerprint density at radius 2 is 1.84 bits per heavy atom. The number of benzene rings is 2. The van der Waals surface area contributed by atoms with Crippen molar-refractivity contribution in [2.24, 2.45) is 0 Å². The lowest BCUT2D eigenvalue weighted by Gasteiger charge is -2.30. The van der Waals surface area contributed by atoms with Crippen LogP contribution in [0.3, 0.4) is 0 Å². The zero-order valence-electron chi connectivity index (χ0n) is 14.9. The number of rotatable bonds is 7. The Kier molecular flexibility index (Phi) is 6.57. The first-order valence-corrected chi connectivity index (χ1v) is 8.33. The highest BCUT2D eigenvalue weighted by Gasteiger charge is 2.23. The number of ether oxygens (including phenoxy) is 1. The van der Waals surface area contributed by atoms with Crippen LogP contribution >= 0.6 is 0 Å². The van der Waals surface area contributed by atoms with Gasteiger partial charge in [0.15, 0.2) is 0 Å². The van der Waals surface area contributed by atoms with Gasteiger partial charge in [0.2, 0.25) is 5.91 Å². The van der Waals surface area contributed by atoms with Crippen molar-refractivity contribution in [3.05, 3.63) is 60.2 Å². The third-order valence-electron chi connectivity index (χ3n) is 3.99. The fraction of sp³-hybridized carbons (Fsp3) is 0.300. The van der Waals surface area contributed by atoms with Crippen molar-refractivity contribution in [2.45, 2.75) is 32.9 Å². The number of hydrogen-bond donors (Lipinski definition) is 1. The lowest BCUT2D eigenvalue weighted by atomic mass is 10.1. The summed E-state index contributed by atoms with van der Waals surface area (Å²) in [5, 5.41) is 2.85. The van der Waals surface area contributed by atoms with E-state index in [2.05, 4.69) is 5.32 Å². The Hall–Kier alpha value is -2.82. The van der Waals surface area contributed by atoms with E-state index in [1.807, 2.05) is 66.4 Å². The first-order chi connectivity index (χ1) is 12.0.